The van der Waals surface area contributed by atoms with Crippen LogP contribution in [0.15, 0.2) is 60.7 Å². The highest BCUT2D eigenvalue weighted by atomic mass is 32.2. The molecule has 0 aliphatic heterocycles. The molecule has 342 valence electrons. The maximum Gasteiger partial charge on any atom is 0.341 e. The third kappa shape index (κ3) is 17.1. The van der Waals surface area contributed by atoms with Gasteiger partial charge in [-0.3, -0.25) is 43.2 Å². The topological polar surface area (TPSA) is 280 Å². The van der Waals surface area contributed by atoms with Gasteiger partial charge in [0.15, 0.2) is 0 Å². The summed E-state index contributed by atoms with van der Waals surface area (Å²) in [5, 5.41) is 13.7. The van der Waals surface area contributed by atoms with E-state index in [0.717, 1.165) is 7.11 Å². The van der Waals surface area contributed by atoms with Gasteiger partial charge in [-0.05, 0) is 67.4 Å². The van der Waals surface area contributed by atoms with Gasteiger partial charge in [-0.15, -0.1) is 0 Å². The fourth-order valence-electron chi connectivity index (χ4n) is 6.25. The molecule has 0 aromatic heterocycles. The van der Waals surface area contributed by atoms with Crippen molar-refractivity contribution in [3.05, 3.63) is 71.8 Å². The zero-order valence-electron chi connectivity index (χ0n) is 36.2. The van der Waals surface area contributed by atoms with Crippen molar-refractivity contribution in [1.29, 1.82) is 0 Å². The molecule has 5 atom stereocenters. The molecular weight excluding hydrogens is 825 g/mol. The first-order chi connectivity index (χ1) is 29.5. The maximum absolute atomic E-state index is 14.5. The Balaban J connectivity index is 2.47. The third-order valence-electron chi connectivity index (χ3n) is 9.32. The van der Waals surface area contributed by atoms with E-state index in [-0.39, 0.29) is 38.4 Å². The number of amides is 7. The zero-order chi connectivity index (χ0) is 46.2. The molecule has 0 bridgehead atoms. The van der Waals surface area contributed by atoms with E-state index in [1.807, 2.05) is 20.1 Å². The van der Waals surface area contributed by atoms with Gasteiger partial charge in [0.1, 0.15) is 24.2 Å². The van der Waals surface area contributed by atoms with Gasteiger partial charge >= 0.3 is 5.97 Å². The van der Waals surface area contributed by atoms with Crippen LogP contribution in [-0.2, 0) is 65.6 Å². The molecule has 0 unspecified atom stereocenters. The Bertz CT molecular complexity index is 1790. The Hall–Kier alpha value is -5.57. The predicted octanol–water partition coefficient (Wildman–Crippen LogP) is 0.194. The van der Waals surface area contributed by atoms with Gasteiger partial charge in [0.2, 0.25) is 41.0 Å². The number of thioether (sulfide) groups is 1. The maximum atomic E-state index is 14.5. The summed E-state index contributed by atoms with van der Waals surface area (Å²) in [6.07, 6.45) is 1.12. The number of hydrogen-bond donors (Lipinski definition) is 7. The van der Waals surface area contributed by atoms with Crippen LogP contribution in [0.2, 0.25) is 0 Å². The first kappa shape index (κ1) is 52.6. The van der Waals surface area contributed by atoms with Crippen molar-refractivity contribution in [3.63, 3.8) is 0 Å². The van der Waals surface area contributed by atoms with E-state index in [1.54, 1.807) is 67.6 Å². The monoisotopic (exact) mass is 886 g/mol. The molecule has 20 heteroatoms. The first-order valence-electron chi connectivity index (χ1n) is 20.3. The first-order valence-corrected chi connectivity index (χ1v) is 21.7. The average molecular weight is 887 g/mol. The number of esters is 1. The van der Waals surface area contributed by atoms with Crippen molar-refractivity contribution < 1.29 is 52.8 Å². The minimum Gasteiger partial charge on any atom is -0.464 e. The molecule has 0 aliphatic rings. The lowest BCUT2D eigenvalue weighted by Gasteiger charge is -2.37. The van der Waals surface area contributed by atoms with Gasteiger partial charge in [-0.1, -0.05) is 74.5 Å². The van der Waals surface area contributed by atoms with Gasteiger partial charge in [-0.25, -0.2) is 4.79 Å². The number of nitrogens with zero attached hydrogens (tertiary/aromatic N) is 1. The summed E-state index contributed by atoms with van der Waals surface area (Å²) in [6.45, 7) is 5.93. The van der Waals surface area contributed by atoms with Crippen LogP contribution in [0.3, 0.4) is 0 Å². The van der Waals surface area contributed by atoms with Crippen LogP contribution < -0.4 is 38.1 Å². The average Bonchev–Trinajstić information content (AvgIpc) is 3.23. The molecule has 9 N–H and O–H groups in total. The number of nitrogens with two attached hydrogens (primary N) is 2. The largest absolute Gasteiger partial charge is 0.464 e. The second-order valence-electron chi connectivity index (χ2n) is 14.6. The van der Waals surface area contributed by atoms with E-state index in [1.165, 1.54) is 18.7 Å². The fraction of sp³-hybridized carbons (Fsp3) is 0.524. The molecule has 2 aromatic rings. The summed E-state index contributed by atoms with van der Waals surface area (Å²) in [7, 11) is 1.13. The number of hydrogen-bond acceptors (Lipinski definition) is 13. The molecule has 62 heavy (non-hydrogen) atoms. The molecule has 0 fully saturated rings. The predicted molar refractivity (Wildman–Crippen MR) is 231 cm³/mol. The second-order valence-corrected chi connectivity index (χ2v) is 15.6. The van der Waals surface area contributed by atoms with Gasteiger partial charge in [-0.2, -0.15) is 11.8 Å². The quantitative estimate of drug-likeness (QED) is 0.0327. The summed E-state index contributed by atoms with van der Waals surface area (Å²) >= 11 is 1.48. The van der Waals surface area contributed by atoms with E-state index in [4.69, 9.17) is 25.9 Å². The van der Waals surface area contributed by atoms with Crippen molar-refractivity contribution in [3.8, 4) is 0 Å². The Morgan fingerprint density at radius 3 is 1.77 bits per heavy atom. The number of hydroxylamine groups is 2. The van der Waals surface area contributed by atoms with Crippen LogP contribution in [0.5, 0.6) is 0 Å². The number of primary amides is 2. The van der Waals surface area contributed by atoms with Crippen molar-refractivity contribution in [2.45, 2.75) is 95.9 Å². The number of carbonyl (C=O) groups excluding carboxylic acids is 8. The van der Waals surface area contributed by atoms with Crippen LogP contribution >= 0.6 is 11.8 Å². The molecule has 19 nitrogen and oxygen atoms in total. The molecule has 0 heterocycles. The minimum atomic E-state index is -2.47. The van der Waals surface area contributed by atoms with E-state index in [9.17, 15) is 38.4 Å². The van der Waals surface area contributed by atoms with E-state index < -0.39 is 96.4 Å². The molecule has 2 aromatic carbocycles. The van der Waals surface area contributed by atoms with Crippen molar-refractivity contribution in [2.75, 3.05) is 38.9 Å². The highest BCUT2D eigenvalue weighted by Gasteiger charge is 2.55. The van der Waals surface area contributed by atoms with E-state index in [2.05, 4.69) is 26.6 Å². The normalized spacial score (nSPS) is 14.0. The Morgan fingerprint density at radius 1 is 0.742 bits per heavy atom. The molecule has 0 radical (unpaired) electrons. The lowest BCUT2D eigenvalue weighted by molar-refractivity contribution is -0.388. The Labute approximate surface area is 366 Å². The lowest BCUT2D eigenvalue weighted by Crippen LogP contribution is -2.67. The van der Waals surface area contributed by atoms with Crippen LogP contribution in [0.25, 0.3) is 0 Å². The summed E-state index contributed by atoms with van der Waals surface area (Å²) in [5.41, 5.74) is 9.71. The summed E-state index contributed by atoms with van der Waals surface area (Å²) < 4.78 is 5.27. The number of ether oxygens (including phenoxy) is 1. The Morgan fingerprint density at radius 2 is 1.29 bits per heavy atom. The number of carbonyl (C=O) groups is 8. The molecule has 0 aliphatic carbocycles. The molecule has 2 rings (SSSR count). The lowest BCUT2D eigenvalue weighted by atomic mass is 9.91. The molecular formula is C42H62N8O11S. The van der Waals surface area contributed by atoms with Gasteiger partial charge in [0.25, 0.3) is 5.91 Å². The Kier molecular flexibility index (Phi) is 23.2. The summed E-state index contributed by atoms with van der Waals surface area (Å²) in [4.78, 5) is 118. The summed E-state index contributed by atoms with van der Waals surface area (Å²) in [5.74, 6) is -6.28. The smallest absolute Gasteiger partial charge is 0.341 e. The van der Waals surface area contributed by atoms with E-state index >= 15 is 0 Å². The van der Waals surface area contributed by atoms with Gasteiger partial charge < -0.3 is 42.8 Å². The highest BCUT2D eigenvalue weighted by Crippen LogP contribution is 2.26. The van der Waals surface area contributed by atoms with Crippen molar-refractivity contribution in [2.24, 2.45) is 17.4 Å². The fourth-order valence-corrected chi connectivity index (χ4v) is 6.72. The van der Waals surface area contributed by atoms with Crippen LogP contribution in [-0.4, -0.2) is 121 Å². The van der Waals surface area contributed by atoms with Crippen LogP contribution in [0.1, 0.15) is 64.5 Å². The standard InChI is InChI=1S/C42H62N8O11S/c1-7-60-41(58)42(21-19-34(43)51,50(59-5)61-8-2)40(57)49-33(25-29-17-13-10-14-18-29)39(56)48-32(24-28-15-11-9-12-16-28)37(54)45-26-35(52)46-31(23-27(3)4)38(55)47-30(36(44)53)20-22-62-6/h9-18,27,30-33H,7-8,19-26H2,1-6H3,(H2,43,51)(H2,44,53)(H,45,54)(H,46,52)(H,47,55)(H,48,56)(H,49,57)/t30-,31-,32-,33-,42-/m0/s1. The second kappa shape index (κ2) is 27.4. The zero-order valence-corrected chi connectivity index (χ0v) is 37.0. The van der Waals surface area contributed by atoms with Crippen LogP contribution in [0.4, 0.5) is 0 Å². The highest BCUT2D eigenvalue weighted by molar-refractivity contribution is 7.98. The van der Waals surface area contributed by atoms with Gasteiger partial charge in [0.05, 0.1) is 26.9 Å². The number of rotatable bonds is 29. The third-order valence-corrected chi connectivity index (χ3v) is 9.96. The summed E-state index contributed by atoms with van der Waals surface area (Å²) in [6, 6.07) is 12.5. The minimum absolute atomic E-state index is 0.0454. The van der Waals surface area contributed by atoms with Gasteiger partial charge in [0, 0.05) is 19.3 Å². The SMILES string of the molecule is CCOC(=O)[C@](CCC(N)=O)(C(=O)N[C@@H](Cc1ccccc1)C(=O)N[C@@H](Cc1ccccc1)C(=O)NCC(=O)N[C@@H](CC(C)C)C(=O)N[C@@H](CCSC)C(N)=O)N(OC)OCC. The molecule has 0 saturated heterocycles. The molecule has 0 saturated carbocycles. The van der Waals surface area contributed by atoms with Crippen molar-refractivity contribution in [1.82, 2.24) is 31.8 Å². The number of nitrogens with one attached hydrogen (secondary N) is 5. The van der Waals surface area contributed by atoms with Crippen LogP contribution in [0, 0.1) is 5.92 Å². The van der Waals surface area contributed by atoms with Crippen molar-refractivity contribution >= 4 is 59.1 Å². The molecule has 0 spiro atoms. The van der Waals surface area contributed by atoms with E-state index in [0.29, 0.717) is 28.5 Å². The number of benzene rings is 2. The molecule has 7 amide bonds.